The Bertz CT molecular complexity index is 945. The van der Waals surface area contributed by atoms with Crippen molar-refractivity contribution in [2.75, 3.05) is 38.2 Å². The molecule has 0 saturated heterocycles. The molecule has 27 heavy (non-hydrogen) atoms. The first-order valence-electron chi connectivity index (χ1n) is 8.23. The standard InChI is InChI=1S/C18H20N2O6S/c1-19-18(21)12-20(14-5-3-4-6-15(14)24-2)27(22,23)13-7-8-16-17(11-13)26-10-9-25-16/h3-8,11H,9-10,12H2,1-2H3,(H,19,21). The molecule has 9 heteroatoms. The van der Waals surface area contributed by atoms with Crippen LogP contribution in [0.5, 0.6) is 17.2 Å². The zero-order chi connectivity index (χ0) is 19.4. The van der Waals surface area contributed by atoms with Crippen LogP contribution in [0.4, 0.5) is 5.69 Å². The fraction of sp³-hybridized carbons (Fsp3) is 0.278. The number of sulfonamides is 1. The van der Waals surface area contributed by atoms with Gasteiger partial charge in [0.15, 0.2) is 11.5 Å². The highest BCUT2D eigenvalue weighted by Crippen LogP contribution is 2.36. The number of carbonyl (C=O) groups is 1. The fourth-order valence-electron chi connectivity index (χ4n) is 2.66. The number of amides is 1. The lowest BCUT2D eigenvalue weighted by Crippen LogP contribution is -2.40. The van der Waals surface area contributed by atoms with Crippen molar-refractivity contribution in [3.05, 3.63) is 42.5 Å². The van der Waals surface area contributed by atoms with E-state index in [4.69, 9.17) is 14.2 Å². The largest absolute Gasteiger partial charge is 0.495 e. The summed E-state index contributed by atoms with van der Waals surface area (Å²) in [5.41, 5.74) is 0.262. The van der Waals surface area contributed by atoms with Crippen LogP contribution in [0.3, 0.4) is 0 Å². The summed E-state index contributed by atoms with van der Waals surface area (Å²) in [7, 11) is -1.19. The number of carbonyl (C=O) groups excluding carboxylic acids is 1. The molecule has 0 fully saturated rings. The predicted molar refractivity (Wildman–Crippen MR) is 99.0 cm³/mol. The molecule has 0 aliphatic carbocycles. The second kappa shape index (κ2) is 7.75. The molecule has 0 unspecified atom stereocenters. The average Bonchev–Trinajstić information content (AvgIpc) is 2.71. The average molecular weight is 392 g/mol. The van der Waals surface area contributed by atoms with E-state index >= 15 is 0 Å². The van der Waals surface area contributed by atoms with E-state index in [9.17, 15) is 13.2 Å². The van der Waals surface area contributed by atoms with Gasteiger partial charge < -0.3 is 19.5 Å². The zero-order valence-electron chi connectivity index (χ0n) is 15.0. The topological polar surface area (TPSA) is 94.2 Å². The number of fused-ring (bicyclic) bond motifs is 1. The molecule has 8 nitrogen and oxygen atoms in total. The van der Waals surface area contributed by atoms with Crippen LogP contribution < -0.4 is 23.8 Å². The highest BCUT2D eigenvalue weighted by Gasteiger charge is 2.30. The van der Waals surface area contributed by atoms with Gasteiger partial charge in [-0.25, -0.2) is 8.42 Å². The van der Waals surface area contributed by atoms with Gasteiger partial charge in [-0.05, 0) is 24.3 Å². The van der Waals surface area contributed by atoms with Crippen LogP contribution in [0, 0.1) is 0 Å². The van der Waals surface area contributed by atoms with Crippen LogP contribution >= 0.6 is 0 Å². The van der Waals surface area contributed by atoms with Crippen LogP contribution in [0.25, 0.3) is 0 Å². The van der Waals surface area contributed by atoms with Crippen molar-refractivity contribution in [2.24, 2.45) is 0 Å². The quantitative estimate of drug-likeness (QED) is 0.799. The second-order valence-electron chi connectivity index (χ2n) is 5.66. The highest BCUT2D eigenvalue weighted by molar-refractivity contribution is 7.92. The maximum Gasteiger partial charge on any atom is 0.265 e. The fourth-order valence-corrected chi connectivity index (χ4v) is 4.10. The predicted octanol–water partition coefficient (Wildman–Crippen LogP) is 1.41. The Balaban J connectivity index is 2.08. The molecule has 0 bridgehead atoms. The van der Waals surface area contributed by atoms with Gasteiger partial charge in [0.25, 0.3) is 10.0 Å². The number of nitrogens with zero attached hydrogens (tertiary/aromatic N) is 1. The van der Waals surface area contributed by atoms with Crippen molar-refractivity contribution in [2.45, 2.75) is 4.90 Å². The molecule has 2 aromatic carbocycles. The van der Waals surface area contributed by atoms with Gasteiger partial charge in [-0.1, -0.05) is 12.1 Å². The van der Waals surface area contributed by atoms with Gasteiger partial charge in [0.2, 0.25) is 5.91 Å². The smallest absolute Gasteiger partial charge is 0.265 e. The summed E-state index contributed by atoms with van der Waals surface area (Å²) in [5, 5.41) is 2.45. The van der Waals surface area contributed by atoms with Crippen LogP contribution in [0.2, 0.25) is 0 Å². The molecule has 1 heterocycles. The first-order chi connectivity index (χ1) is 13.0. The lowest BCUT2D eigenvalue weighted by Gasteiger charge is -2.26. The van der Waals surface area contributed by atoms with Crippen LogP contribution in [0.1, 0.15) is 0 Å². The number of methoxy groups -OCH3 is 1. The molecule has 0 spiro atoms. The minimum absolute atomic E-state index is 0.0124. The lowest BCUT2D eigenvalue weighted by atomic mass is 10.3. The van der Waals surface area contributed by atoms with Gasteiger partial charge in [-0.3, -0.25) is 9.10 Å². The molecular weight excluding hydrogens is 372 g/mol. The number of para-hydroxylation sites is 2. The summed E-state index contributed by atoms with van der Waals surface area (Å²) >= 11 is 0. The summed E-state index contributed by atoms with van der Waals surface area (Å²) in [5.74, 6) is 0.710. The van der Waals surface area contributed by atoms with Crippen molar-refractivity contribution in [3.63, 3.8) is 0 Å². The zero-order valence-corrected chi connectivity index (χ0v) is 15.8. The number of rotatable bonds is 6. The maximum atomic E-state index is 13.3. The number of ether oxygens (including phenoxy) is 3. The van der Waals surface area contributed by atoms with E-state index in [-0.39, 0.29) is 10.6 Å². The minimum atomic E-state index is -4.07. The maximum absolute atomic E-state index is 13.3. The van der Waals surface area contributed by atoms with E-state index < -0.39 is 22.5 Å². The van der Waals surface area contributed by atoms with Gasteiger partial charge in [-0.15, -0.1) is 0 Å². The summed E-state index contributed by atoms with van der Waals surface area (Å²) in [4.78, 5) is 12.0. The monoisotopic (exact) mass is 392 g/mol. The third-order valence-electron chi connectivity index (χ3n) is 4.02. The molecule has 144 valence electrons. The second-order valence-corrected chi connectivity index (χ2v) is 7.52. The molecule has 3 rings (SSSR count). The number of hydrogen-bond donors (Lipinski definition) is 1. The number of nitrogens with one attached hydrogen (secondary N) is 1. The van der Waals surface area contributed by atoms with Crippen LogP contribution in [0.15, 0.2) is 47.4 Å². The number of benzene rings is 2. The Kier molecular flexibility index (Phi) is 5.41. The molecule has 1 amide bonds. The van der Waals surface area contributed by atoms with E-state index in [1.165, 1.54) is 26.3 Å². The Morgan fingerprint density at radius 2 is 1.85 bits per heavy atom. The Labute approximate surface area is 157 Å². The van der Waals surface area contributed by atoms with E-state index in [1.807, 2.05) is 0 Å². The molecular formula is C18H20N2O6S. The van der Waals surface area contributed by atoms with Gasteiger partial charge in [0.05, 0.1) is 17.7 Å². The number of likely N-dealkylation sites (N-methyl/N-ethyl adjacent to an activating group) is 1. The third-order valence-corrected chi connectivity index (χ3v) is 5.78. The van der Waals surface area contributed by atoms with Crippen molar-refractivity contribution >= 4 is 21.6 Å². The molecule has 1 aliphatic heterocycles. The van der Waals surface area contributed by atoms with Gasteiger partial charge >= 0.3 is 0 Å². The summed E-state index contributed by atoms with van der Waals surface area (Å²) in [6, 6.07) is 11.0. The van der Waals surface area contributed by atoms with Gasteiger partial charge in [0.1, 0.15) is 25.5 Å². The summed E-state index contributed by atoms with van der Waals surface area (Å²) in [6.07, 6.45) is 0. The van der Waals surface area contributed by atoms with E-state index in [1.54, 1.807) is 30.3 Å². The first kappa shape index (κ1) is 18.8. The SMILES string of the molecule is CNC(=O)CN(c1ccccc1OC)S(=O)(=O)c1ccc2c(c1)OCCO2. The van der Waals surface area contributed by atoms with E-state index in [0.29, 0.717) is 30.5 Å². The highest BCUT2D eigenvalue weighted by atomic mass is 32.2. The Morgan fingerprint density at radius 3 is 2.56 bits per heavy atom. The normalized spacial score (nSPS) is 13.0. The van der Waals surface area contributed by atoms with Crippen LogP contribution in [-0.4, -0.2) is 48.2 Å². The molecule has 0 radical (unpaired) electrons. The Morgan fingerprint density at radius 1 is 1.15 bits per heavy atom. The van der Waals surface area contributed by atoms with Crippen molar-refractivity contribution < 1.29 is 27.4 Å². The van der Waals surface area contributed by atoms with Crippen LogP contribution in [-0.2, 0) is 14.8 Å². The molecule has 1 N–H and O–H groups in total. The number of hydrogen-bond acceptors (Lipinski definition) is 6. The molecule has 2 aromatic rings. The lowest BCUT2D eigenvalue weighted by molar-refractivity contribution is -0.119. The van der Waals surface area contributed by atoms with Gasteiger partial charge in [0, 0.05) is 13.1 Å². The first-order valence-corrected chi connectivity index (χ1v) is 9.67. The number of anilines is 1. The van der Waals surface area contributed by atoms with E-state index in [2.05, 4.69) is 5.32 Å². The van der Waals surface area contributed by atoms with E-state index in [0.717, 1.165) is 4.31 Å². The summed E-state index contributed by atoms with van der Waals surface area (Å²) < 4.78 is 43.9. The molecule has 0 aromatic heterocycles. The van der Waals surface area contributed by atoms with Crippen molar-refractivity contribution in [1.29, 1.82) is 0 Å². The molecule has 1 aliphatic rings. The van der Waals surface area contributed by atoms with Crippen molar-refractivity contribution in [1.82, 2.24) is 5.32 Å². The molecule has 0 atom stereocenters. The minimum Gasteiger partial charge on any atom is -0.495 e. The third kappa shape index (κ3) is 3.77. The summed E-state index contributed by atoms with van der Waals surface area (Å²) in [6.45, 7) is 0.349. The Hall–Kier alpha value is -2.94. The van der Waals surface area contributed by atoms with Gasteiger partial charge in [-0.2, -0.15) is 0 Å². The van der Waals surface area contributed by atoms with Crippen molar-refractivity contribution in [3.8, 4) is 17.2 Å². The molecule has 0 saturated carbocycles.